The molecule has 0 radical (unpaired) electrons. The van der Waals surface area contributed by atoms with Crippen molar-refractivity contribution in [1.82, 2.24) is 4.31 Å². The Hall–Kier alpha value is -0.620. The van der Waals surface area contributed by atoms with Crippen LogP contribution in [0.15, 0.2) is 0 Å². The van der Waals surface area contributed by atoms with Crippen molar-refractivity contribution in [2.45, 2.75) is 26.7 Å². The first-order chi connectivity index (χ1) is 6.79. The molecule has 6 heteroatoms. The van der Waals surface area contributed by atoms with Gasteiger partial charge in [0.2, 0.25) is 10.0 Å². The van der Waals surface area contributed by atoms with Gasteiger partial charge in [0.25, 0.3) is 0 Å². The molecule has 0 saturated carbocycles. The number of hydrogen-bond acceptors (Lipinski definition) is 3. The molecule has 0 aliphatic rings. The lowest BCUT2D eigenvalue weighted by Crippen LogP contribution is -2.33. The molecule has 0 fully saturated rings. The van der Waals surface area contributed by atoms with Crippen LogP contribution >= 0.6 is 0 Å². The summed E-state index contributed by atoms with van der Waals surface area (Å²) in [6.45, 7) is 3.83. The number of carbonyl (C=O) groups is 1. The van der Waals surface area contributed by atoms with Crippen LogP contribution in [0, 0.1) is 5.92 Å². The molecule has 0 aromatic heterocycles. The zero-order valence-corrected chi connectivity index (χ0v) is 10.2. The molecule has 0 aliphatic carbocycles. The van der Waals surface area contributed by atoms with Crippen LogP contribution < -0.4 is 0 Å². The van der Waals surface area contributed by atoms with Crippen molar-refractivity contribution in [1.29, 1.82) is 0 Å². The van der Waals surface area contributed by atoms with E-state index in [2.05, 4.69) is 0 Å². The molecule has 0 spiro atoms. The zero-order valence-electron chi connectivity index (χ0n) is 9.43. The highest BCUT2D eigenvalue weighted by molar-refractivity contribution is 7.89. The molecule has 0 aromatic rings. The van der Waals surface area contributed by atoms with Gasteiger partial charge in [-0.25, -0.2) is 12.7 Å². The van der Waals surface area contributed by atoms with E-state index >= 15 is 0 Å². The first kappa shape index (κ1) is 14.4. The third kappa shape index (κ3) is 5.74. The summed E-state index contributed by atoms with van der Waals surface area (Å²) in [5.74, 6) is -0.803. The first-order valence-corrected chi connectivity index (χ1v) is 6.56. The van der Waals surface area contributed by atoms with Crippen molar-refractivity contribution in [2.75, 3.05) is 19.3 Å². The van der Waals surface area contributed by atoms with Crippen LogP contribution in [-0.2, 0) is 14.8 Å². The number of hydrogen-bond donors (Lipinski definition) is 1. The number of aliphatic carboxylic acids is 1. The third-order valence-electron chi connectivity index (χ3n) is 2.31. The molecule has 0 bridgehead atoms. The van der Waals surface area contributed by atoms with Gasteiger partial charge in [0.1, 0.15) is 0 Å². The summed E-state index contributed by atoms with van der Waals surface area (Å²) in [5, 5.41) is 8.43. The smallest absolute Gasteiger partial charge is 0.304 e. The molecule has 1 atom stereocenters. The monoisotopic (exact) mass is 237 g/mol. The van der Waals surface area contributed by atoms with Gasteiger partial charge < -0.3 is 5.11 Å². The second kappa shape index (κ2) is 6.07. The lowest BCUT2D eigenvalue weighted by atomic mass is 10.2. The quantitative estimate of drug-likeness (QED) is 0.709. The average Bonchev–Trinajstić information content (AvgIpc) is 2.13. The lowest BCUT2D eigenvalue weighted by Gasteiger charge is -2.18. The van der Waals surface area contributed by atoms with Crippen molar-refractivity contribution in [2.24, 2.45) is 5.92 Å². The Bertz CT molecular complexity index is 299. The largest absolute Gasteiger partial charge is 0.481 e. The van der Waals surface area contributed by atoms with Crippen LogP contribution in [0.2, 0.25) is 0 Å². The summed E-state index contributed by atoms with van der Waals surface area (Å²) in [5.41, 5.74) is 0. The lowest BCUT2D eigenvalue weighted by molar-refractivity contribution is -0.137. The van der Waals surface area contributed by atoms with Crippen molar-refractivity contribution in [3.05, 3.63) is 0 Å². The van der Waals surface area contributed by atoms with Gasteiger partial charge in [-0.3, -0.25) is 4.79 Å². The van der Waals surface area contributed by atoms with Gasteiger partial charge in [0.15, 0.2) is 0 Å². The molecule has 0 aliphatic heterocycles. The standard InChI is InChI=1S/C9H19NO4S/c1-4-8(2)7-15(13,14)10(3)6-5-9(11)12/h8H,4-7H2,1-3H3,(H,11,12). The minimum Gasteiger partial charge on any atom is -0.481 e. The maximum Gasteiger partial charge on any atom is 0.304 e. The minimum absolute atomic E-state index is 0.0358. The van der Waals surface area contributed by atoms with E-state index in [4.69, 9.17) is 5.11 Å². The Labute approximate surface area is 91.1 Å². The van der Waals surface area contributed by atoms with E-state index in [0.29, 0.717) is 0 Å². The van der Waals surface area contributed by atoms with Gasteiger partial charge >= 0.3 is 5.97 Å². The predicted molar refractivity (Wildman–Crippen MR) is 58.1 cm³/mol. The van der Waals surface area contributed by atoms with Crippen molar-refractivity contribution in [3.63, 3.8) is 0 Å². The highest BCUT2D eigenvalue weighted by Gasteiger charge is 2.20. The Morgan fingerprint density at radius 3 is 2.40 bits per heavy atom. The minimum atomic E-state index is -3.30. The molecule has 0 heterocycles. The van der Waals surface area contributed by atoms with Crippen molar-refractivity contribution in [3.8, 4) is 0 Å². The van der Waals surface area contributed by atoms with Crippen LogP contribution in [0.4, 0.5) is 0 Å². The van der Waals surface area contributed by atoms with Crippen LogP contribution in [0.25, 0.3) is 0 Å². The van der Waals surface area contributed by atoms with Gasteiger partial charge in [-0.05, 0) is 5.92 Å². The van der Waals surface area contributed by atoms with Crippen LogP contribution in [0.1, 0.15) is 26.7 Å². The summed E-state index contributed by atoms with van der Waals surface area (Å²) in [6, 6.07) is 0. The summed E-state index contributed by atoms with van der Waals surface area (Å²) >= 11 is 0. The molecule has 0 rings (SSSR count). The molecule has 5 nitrogen and oxygen atoms in total. The van der Waals surface area contributed by atoms with Crippen molar-refractivity contribution < 1.29 is 18.3 Å². The van der Waals surface area contributed by atoms with E-state index in [1.807, 2.05) is 13.8 Å². The fourth-order valence-electron chi connectivity index (χ4n) is 0.997. The van der Waals surface area contributed by atoms with E-state index in [9.17, 15) is 13.2 Å². The molecule has 0 aromatic carbocycles. The van der Waals surface area contributed by atoms with Crippen LogP contribution in [-0.4, -0.2) is 43.1 Å². The summed E-state index contributed by atoms with van der Waals surface area (Å²) in [6.07, 6.45) is 0.641. The number of carboxylic acids is 1. The van der Waals surface area contributed by atoms with Crippen LogP contribution in [0.5, 0.6) is 0 Å². The maximum atomic E-state index is 11.6. The Morgan fingerprint density at radius 1 is 1.47 bits per heavy atom. The SMILES string of the molecule is CCC(C)CS(=O)(=O)N(C)CCC(=O)O. The second-order valence-corrected chi connectivity index (χ2v) is 5.88. The Morgan fingerprint density at radius 2 is 2.00 bits per heavy atom. The molecule has 1 N–H and O–H groups in total. The van der Waals surface area contributed by atoms with Gasteiger partial charge in [-0.15, -0.1) is 0 Å². The fraction of sp³-hybridized carbons (Fsp3) is 0.889. The predicted octanol–water partition coefficient (Wildman–Crippen LogP) is 0.769. The second-order valence-electron chi connectivity index (χ2n) is 3.76. The molecule has 15 heavy (non-hydrogen) atoms. The number of nitrogens with zero attached hydrogens (tertiary/aromatic N) is 1. The van der Waals surface area contributed by atoms with E-state index in [0.717, 1.165) is 10.7 Å². The normalized spacial score (nSPS) is 14.1. The highest BCUT2D eigenvalue weighted by atomic mass is 32.2. The molecule has 0 amide bonds. The van der Waals surface area contributed by atoms with E-state index < -0.39 is 16.0 Å². The highest BCUT2D eigenvalue weighted by Crippen LogP contribution is 2.09. The van der Waals surface area contributed by atoms with Crippen LogP contribution in [0.3, 0.4) is 0 Å². The van der Waals surface area contributed by atoms with Gasteiger partial charge in [-0.1, -0.05) is 20.3 Å². The average molecular weight is 237 g/mol. The van der Waals surface area contributed by atoms with Crippen molar-refractivity contribution >= 4 is 16.0 Å². The Kier molecular flexibility index (Phi) is 5.82. The summed E-state index contributed by atoms with van der Waals surface area (Å²) in [7, 11) is -1.88. The summed E-state index contributed by atoms with van der Waals surface area (Å²) in [4.78, 5) is 10.3. The third-order valence-corrected chi connectivity index (χ3v) is 4.43. The van der Waals surface area contributed by atoms with E-state index in [1.165, 1.54) is 7.05 Å². The number of rotatable bonds is 7. The molecule has 0 saturated heterocycles. The topological polar surface area (TPSA) is 74.7 Å². The molecule has 90 valence electrons. The number of sulfonamides is 1. The zero-order chi connectivity index (χ0) is 12.1. The molecule has 1 unspecified atom stereocenters. The van der Waals surface area contributed by atoms with Gasteiger partial charge in [0.05, 0.1) is 12.2 Å². The maximum absolute atomic E-state index is 11.6. The van der Waals surface area contributed by atoms with Gasteiger partial charge in [-0.2, -0.15) is 0 Å². The first-order valence-electron chi connectivity index (χ1n) is 4.95. The van der Waals surface area contributed by atoms with Gasteiger partial charge in [0, 0.05) is 13.6 Å². The Balaban J connectivity index is 4.26. The molecular weight excluding hydrogens is 218 g/mol. The number of carboxylic acid groups (broad SMARTS) is 1. The van der Waals surface area contributed by atoms with E-state index in [-0.39, 0.29) is 24.6 Å². The fourth-order valence-corrected chi connectivity index (χ4v) is 2.58. The van der Waals surface area contributed by atoms with E-state index in [1.54, 1.807) is 0 Å². The summed E-state index contributed by atoms with van der Waals surface area (Å²) < 4.78 is 24.4. The molecular formula is C9H19NO4S.